The molecule has 0 aliphatic heterocycles. The van der Waals surface area contributed by atoms with E-state index in [-0.39, 0.29) is 58.3 Å². The second-order valence-electron chi connectivity index (χ2n) is 14.1. The average Bonchev–Trinajstić information content (AvgIpc) is 3.12. The predicted molar refractivity (Wildman–Crippen MR) is 213 cm³/mol. The zero-order valence-electron chi connectivity index (χ0n) is 32.4. The summed E-state index contributed by atoms with van der Waals surface area (Å²) in [4.78, 5) is 88.8. The summed E-state index contributed by atoms with van der Waals surface area (Å²) in [6, 6.07) is 0.395. The Morgan fingerprint density at radius 3 is 1.54 bits per heavy atom. The van der Waals surface area contributed by atoms with Crippen molar-refractivity contribution in [3.8, 4) is 0 Å². The van der Waals surface area contributed by atoms with Crippen LogP contribution in [0.15, 0.2) is 30.3 Å². The van der Waals surface area contributed by atoms with E-state index in [0.717, 1.165) is 6.92 Å². The van der Waals surface area contributed by atoms with Crippen LogP contribution in [0.2, 0.25) is 0 Å². The minimum Gasteiger partial charge on any atom is -0.480 e. The first-order chi connectivity index (χ1) is 26.6. The standard InChI is InChI=1S/C35H59Cl2N11O9/c1-19(49)26(32(55)56)47-30(53)23(11-15-40)44-29(52)24(12-16-41)46-33(57)35(37,18-34(2,3)36)48-31(54)25(17-20-7-5-4-6-8-20)45-28(51)22(10-14-39)43-27(50)21(42)9-13-38/h4-8,19,21-26,49H,9-18,38-42H2,1-3H3,(H,43,50)(H,44,52)(H,45,51)(H,46,57)(H,47,53)(H,48,54)(H,55,56)/t19-,21+,22+,23+,24+,25-,26+,35+/m1/s1. The Labute approximate surface area is 341 Å². The van der Waals surface area contributed by atoms with Gasteiger partial charge in [-0.2, -0.15) is 0 Å². The molecule has 322 valence electrons. The zero-order chi connectivity index (χ0) is 43.5. The second kappa shape index (κ2) is 24.6. The van der Waals surface area contributed by atoms with Crippen LogP contribution in [0.5, 0.6) is 0 Å². The molecule has 6 amide bonds. The van der Waals surface area contributed by atoms with E-state index in [2.05, 4.69) is 31.9 Å². The van der Waals surface area contributed by atoms with Crippen LogP contribution in [-0.4, -0.2) is 130 Å². The molecular formula is C35H59Cl2N11O9. The highest BCUT2D eigenvalue weighted by Gasteiger charge is 2.45. The van der Waals surface area contributed by atoms with Crippen molar-refractivity contribution in [1.82, 2.24) is 31.9 Å². The monoisotopic (exact) mass is 847 g/mol. The van der Waals surface area contributed by atoms with E-state index in [9.17, 15) is 43.8 Å². The summed E-state index contributed by atoms with van der Waals surface area (Å²) >= 11 is 13.4. The average molecular weight is 849 g/mol. The van der Waals surface area contributed by atoms with Crippen LogP contribution in [0.1, 0.15) is 58.4 Å². The Morgan fingerprint density at radius 1 is 0.667 bits per heavy atom. The third-order valence-corrected chi connectivity index (χ3v) is 8.91. The Kier molecular flexibility index (Phi) is 21.9. The maximum absolute atomic E-state index is 14.1. The number of rotatable bonds is 26. The van der Waals surface area contributed by atoms with Crippen molar-refractivity contribution in [2.45, 2.75) is 112 Å². The summed E-state index contributed by atoms with van der Waals surface area (Å²) in [6.07, 6.45) is -2.24. The van der Waals surface area contributed by atoms with Gasteiger partial charge in [-0.3, -0.25) is 28.8 Å². The summed E-state index contributed by atoms with van der Waals surface area (Å²) in [5.41, 5.74) is 29.1. The molecule has 1 aromatic rings. The van der Waals surface area contributed by atoms with Crippen molar-refractivity contribution in [3.63, 3.8) is 0 Å². The zero-order valence-corrected chi connectivity index (χ0v) is 33.9. The molecule has 0 saturated carbocycles. The third kappa shape index (κ3) is 17.9. The topological polar surface area (TPSA) is 362 Å². The third-order valence-electron chi connectivity index (χ3n) is 8.38. The number of amides is 6. The highest BCUT2D eigenvalue weighted by atomic mass is 35.5. The van der Waals surface area contributed by atoms with Gasteiger partial charge in [0.25, 0.3) is 5.91 Å². The summed E-state index contributed by atoms with van der Waals surface area (Å²) in [7, 11) is 0. The lowest BCUT2D eigenvalue weighted by atomic mass is 9.99. The van der Waals surface area contributed by atoms with Gasteiger partial charge in [-0.15, -0.1) is 11.6 Å². The van der Waals surface area contributed by atoms with Crippen LogP contribution in [-0.2, 0) is 40.0 Å². The number of hydrogen-bond acceptors (Lipinski definition) is 13. The maximum Gasteiger partial charge on any atom is 0.328 e. The van der Waals surface area contributed by atoms with Gasteiger partial charge in [0.15, 0.2) is 11.0 Å². The number of aliphatic hydroxyl groups excluding tert-OH is 1. The first-order valence-electron chi connectivity index (χ1n) is 18.4. The number of aliphatic hydroxyl groups is 1. The molecule has 0 spiro atoms. The number of nitrogens with one attached hydrogen (secondary N) is 6. The van der Waals surface area contributed by atoms with E-state index in [4.69, 9.17) is 51.9 Å². The van der Waals surface area contributed by atoms with Crippen molar-refractivity contribution < 1.29 is 43.8 Å². The molecule has 18 N–H and O–H groups in total. The highest BCUT2D eigenvalue weighted by Crippen LogP contribution is 2.30. The minimum atomic E-state index is -2.37. The first kappa shape index (κ1) is 50.9. The fourth-order valence-electron chi connectivity index (χ4n) is 5.46. The smallest absolute Gasteiger partial charge is 0.328 e. The van der Waals surface area contributed by atoms with Gasteiger partial charge in [-0.05, 0) is 78.2 Å². The molecule has 57 heavy (non-hydrogen) atoms. The number of benzene rings is 1. The first-order valence-corrected chi connectivity index (χ1v) is 19.1. The van der Waals surface area contributed by atoms with Gasteiger partial charge in [0.05, 0.1) is 12.1 Å². The van der Waals surface area contributed by atoms with Crippen LogP contribution in [0, 0.1) is 0 Å². The van der Waals surface area contributed by atoms with Crippen molar-refractivity contribution in [3.05, 3.63) is 35.9 Å². The van der Waals surface area contributed by atoms with Crippen LogP contribution in [0.4, 0.5) is 0 Å². The van der Waals surface area contributed by atoms with Crippen LogP contribution in [0.25, 0.3) is 0 Å². The number of nitrogens with two attached hydrogens (primary N) is 5. The van der Waals surface area contributed by atoms with Crippen molar-refractivity contribution >= 4 is 64.6 Å². The number of carbonyl (C=O) groups is 7. The number of alkyl halides is 2. The molecule has 0 aliphatic carbocycles. The van der Waals surface area contributed by atoms with Gasteiger partial charge < -0.3 is 70.8 Å². The molecule has 0 fully saturated rings. The minimum absolute atomic E-state index is 0.0181. The molecule has 1 aromatic carbocycles. The summed E-state index contributed by atoms with van der Waals surface area (Å²) < 4.78 is 0. The summed E-state index contributed by atoms with van der Waals surface area (Å²) in [6.45, 7) is 4.01. The quantitative estimate of drug-likeness (QED) is 0.0315. The van der Waals surface area contributed by atoms with E-state index in [1.165, 1.54) is 13.8 Å². The number of aliphatic carboxylic acids is 1. The maximum atomic E-state index is 14.1. The highest BCUT2D eigenvalue weighted by molar-refractivity contribution is 6.36. The van der Waals surface area contributed by atoms with Gasteiger partial charge in [-0.25, -0.2) is 4.79 Å². The van der Waals surface area contributed by atoms with Crippen molar-refractivity contribution in [1.29, 1.82) is 0 Å². The SMILES string of the molecule is C[C@@H](O)[C@H](NC(=O)[C@H](CCN)NC(=O)[C@H](CCN)NC(=O)[C@](Cl)(CC(C)(C)Cl)NC(=O)[C@@H](Cc1ccccc1)NC(=O)[C@H](CCN)NC(=O)[C@@H](N)CCN)C(=O)O. The molecule has 20 nitrogen and oxygen atoms in total. The molecule has 22 heteroatoms. The molecule has 0 heterocycles. The molecule has 8 atom stereocenters. The van der Waals surface area contributed by atoms with Gasteiger partial charge in [0, 0.05) is 17.7 Å². The molecule has 0 aromatic heterocycles. The molecule has 0 saturated heterocycles. The Morgan fingerprint density at radius 2 is 1.11 bits per heavy atom. The Hall–Kier alpha value is -4.15. The molecule has 0 aliphatic rings. The van der Waals surface area contributed by atoms with Gasteiger partial charge in [-0.1, -0.05) is 41.9 Å². The van der Waals surface area contributed by atoms with E-state index < -0.39 is 100 Å². The van der Waals surface area contributed by atoms with Gasteiger partial charge in [0.1, 0.15) is 24.2 Å². The largest absolute Gasteiger partial charge is 0.480 e. The van der Waals surface area contributed by atoms with Gasteiger partial charge in [0.2, 0.25) is 29.5 Å². The van der Waals surface area contributed by atoms with Crippen LogP contribution >= 0.6 is 23.2 Å². The summed E-state index contributed by atoms with van der Waals surface area (Å²) in [5, 5.41) is 33.8. The second-order valence-corrected chi connectivity index (χ2v) is 15.7. The number of carboxylic acid groups (broad SMARTS) is 1. The normalized spacial score (nSPS) is 16.2. The van der Waals surface area contributed by atoms with Crippen LogP contribution in [0.3, 0.4) is 0 Å². The van der Waals surface area contributed by atoms with Crippen LogP contribution < -0.4 is 60.6 Å². The number of halogens is 2. The van der Waals surface area contributed by atoms with Gasteiger partial charge >= 0.3 is 5.97 Å². The van der Waals surface area contributed by atoms with E-state index in [1.807, 2.05) is 0 Å². The lowest BCUT2D eigenvalue weighted by Gasteiger charge is -2.35. The van der Waals surface area contributed by atoms with E-state index >= 15 is 0 Å². The number of carboxylic acids is 1. The molecule has 1 rings (SSSR count). The lowest BCUT2D eigenvalue weighted by Crippen LogP contribution is -2.64. The lowest BCUT2D eigenvalue weighted by molar-refractivity contribution is -0.145. The van der Waals surface area contributed by atoms with E-state index in [1.54, 1.807) is 30.3 Å². The Bertz CT molecular complexity index is 1500. The van der Waals surface area contributed by atoms with Crippen molar-refractivity contribution in [2.24, 2.45) is 28.7 Å². The van der Waals surface area contributed by atoms with Crippen molar-refractivity contribution in [2.75, 3.05) is 26.2 Å². The molecule has 0 bridgehead atoms. The van der Waals surface area contributed by atoms with E-state index in [0.29, 0.717) is 5.56 Å². The molecule has 0 unspecified atom stereocenters. The fraction of sp³-hybridized carbons (Fsp3) is 0.629. The summed E-state index contributed by atoms with van der Waals surface area (Å²) in [5.74, 6) is -6.92. The molecular weight excluding hydrogens is 789 g/mol. The predicted octanol–water partition coefficient (Wildman–Crippen LogP) is -3.70. The number of hydrogen-bond donors (Lipinski definition) is 13. The number of carbonyl (C=O) groups excluding carboxylic acids is 6. The Balaban J connectivity index is 3.47. The fourth-order valence-corrected chi connectivity index (χ4v) is 6.21. The molecule has 0 radical (unpaired) electrons.